The minimum absolute atomic E-state index is 0.739. The van der Waals surface area contributed by atoms with Crippen molar-refractivity contribution in [2.45, 2.75) is 0 Å². The van der Waals surface area contributed by atoms with Crippen molar-refractivity contribution in [3.63, 3.8) is 0 Å². The Morgan fingerprint density at radius 2 is 1.74 bits per heavy atom. The molecule has 3 heterocycles. The maximum absolute atomic E-state index is 5.90. The standard InChI is InChI=1S/C19H11N3O/c1-2-5-13-12(4-1)8-10-20-18(13)14-6-3-7-15-17(14)19-16(23-15)9-11-21-22-19/h1-11H. The Balaban J connectivity index is 1.96. The number of nitrogens with zero attached hydrogens (tertiary/aromatic N) is 3. The Morgan fingerprint density at radius 1 is 0.783 bits per heavy atom. The van der Waals surface area contributed by atoms with E-state index in [-0.39, 0.29) is 0 Å². The van der Waals surface area contributed by atoms with Gasteiger partial charge in [-0.15, -0.1) is 5.10 Å². The minimum atomic E-state index is 0.739. The highest BCUT2D eigenvalue weighted by Gasteiger charge is 2.15. The first-order chi connectivity index (χ1) is 11.4. The van der Waals surface area contributed by atoms with E-state index in [1.165, 1.54) is 0 Å². The average Bonchev–Trinajstić information content (AvgIpc) is 3.00. The number of aromatic nitrogens is 3. The first kappa shape index (κ1) is 12.3. The Bertz CT molecular complexity index is 1170. The van der Waals surface area contributed by atoms with Crippen LogP contribution in [0.2, 0.25) is 0 Å². The second-order valence-electron chi connectivity index (χ2n) is 5.41. The van der Waals surface area contributed by atoms with Gasteiger partial charge in [-0.3, -0.25) is 4.98 Å². The summed E-state index contributed by atoms with van der Waals surface area (Å²) in [6.45, 7) is 0. The summed E-state index contributed by atoms with van der Waals surface area (Å²) in [5, 5.41) is 11.5. The molecule has 0 N–H and O–H groups in total. The fourth-order valence-corrected chi connectivity index (χ4v) is 3.09. The van der Waals surface area contributed by atoms with E-state index in [9.17, 15) is 0 Å². The summed E-state index contributed by atoms with van der Waals surface area (Å²) in [7, 11) is 0. The molecule has 2 aromatic carbocycles. The molecule has 5 aromatic rings. The molecule has 0 saturated heterocycles. The van der Waals surface area contributed by atoms with Crippen molar-refractivity contribution >= 4 is 32.8 Å². The van der Waals surface area contributed by atoms with Crippen molar-refractivity contribution in [1.29, 1.82) is 0 Å². The number of hydrogen-bond donors (Lipinski definition) is 0. The van der Waals surface area contributed by atoms with Crippen LogP contribution in [-0.2, 0) is 0 Å². The molecule has 23 heavy (non-hydrogen) atoms. The fraction of sp³-hybridized carbons (Fsp3) is 0. The zero-order valence-electron chi connectivity index (χ0n) is 12.1. The summed E-state index contributed by atoms with van der Waals surface area (Å²) in [6, 6.07) is 18.1. The van der Waals surface area contributed by atoms with Gasteiger partial charge in [-0.25, -0.2) is 0 Å². The van der Waals surface area contributed by atoms with Crippen molar-refractivity contribution in [1.82, 2.24) is 15.2 Å². The molecule has 0 aliphatic rings. The van der Waals surface area contributed by atoms with Gasteiger partial charge < -0.3 is 4.42 Å². The second kappa shape index (κ2) is 4.61. The third-order valence-corrected chi connectivity index (χ3v) is 4.10. The van der Waals surface area contributed by atoms with Gasteiger partial charge in [0.25, 0.3) is 0 Å². The Morgan fingerprint density at radius 3 is 2.74 bits per heavy atom. The van der Waals surface area contributed by atoms with E-state index in [4.69, 9.17) is 4.42 Å². The number of benzene rings is 2. The molecule has 0 saturated carbocycles. The van der Waals surface area contributed by atoms with Crippen LogP contribution in [0.1, 0.15) is 0 Å². The van der Waals surface area contributed by atoms with E-state index in [0.29, 0.717) is 0 Å². The van der Waals surface area contributed by atoms with Crippen LogP contribution in [-0.4, -0.2) is 15.2 Å². The lowest BCUT2D eigenvalue weighted by Crippen LogP contribution is -1.87. The van der Waals surface area contributed by atoms with Crippen LogP contribution in [0.5, 0.6) is 0 Å². The highest BCUT2D eigenvalue weighted by atomic mass is 16.3. The van der Waals surface area contributed by atoms with Crippen LogP contribution >= 0.6 is 0 Å². The molecule has 0 spiro atoms. The highest BCUT2D eigenvalue weighted by molar-refractivity contribution is 6.12. The van der Waals surface area contributed by atoms with E-state index in [1.54, 1.807) is 6.20 Å². The van der Waals surface area contributed by atoms with Crippen LogP contribution in [0.4, 0.5) is 0 Å². The topological polar surface area (TPSA) is 51.8 Å². The number of rotatable bonds is 1. The molecular formula is C19H11N3O. The largest absolute Gasteiger partial charge is 0.454 e. The fourth-order valence-electron chi connectivity index (χ4n) is 3.09. The molecule has 0 amide bonds. The summed E-state index contributed by atoms with van der Waals surface area (Å²) in [6.07, 6.45) is 3.48. The minimum Gasteiger partial charge on any atom is -0.454 e. The van der Waals surface area contributed by atoms with Gasteiger partial charge >= 0.3 is 0 Å². The van der Waals surface area contributed by atoms with Gasteiger partial charge in [-0.05, 0) is 17.5 Å². The van der Waals surface area contributed by atoms with Crippen molar-refractivity contribution in [2.24, 2.45) is 0 Å². The van der Waals surface area contributed by atoms with Gasteiger partial charge in [0, 0.05) is 23.2 Å². The molecule has 3 aromatic heterocycles. The molecular weight excluding hydrogens is 286 g/mol. The normalized spacial score (nSPS) is 11.5. The number of pyridine rings is 1. The van der Waals surface area contributed by atoms with Crippen molar-refractivity contribution < 1.29 is 4.42 Å². The molecule has 5 rings (SSSR count). The van der Waals surface area contributed by atoms with Crippen LogP contribution in [0, 0.1) is 0 Å². The van der Waals surface area contributed by atoms with Crippen molar-refractivity contribution in [3.05, 3.63) is 67.0 Å². The third kappa shape index (κ3) is 1.75. The molecule has 0 atom stereocenters. The summed E-state index contributed by atoms with van der Waals surface area (Å²) < 4.78 is 5.90. The molecule has 4 heteroatoms. The molecule has 0 unspecified atom stereocenters. The lowest BCUT2D eigenvalue weighted by atomic mass is 10.0. The summed E-state index contributed by atoms with van der Waals surface area (Å²) in [4.78, 5) is 4.62. The molecule has 0 fully saturated rings. The van der Waals surface area contributed by atoms with E-state index in [0.717, 1.165) is 44.1 Å². The molecule has 0 bridgehead atoms. The maximum atomic E-state index is 5.90. The smallest absolute Gasteiger partial charge is 0.157 e. The van der Waals surface area contributed by atoms with Gasteiger partial charge in [0.15, 0.2) is 5.58 Å². The van der Waals surface area contributed by atoms with E-state index in [1.807, 2.05) is 42.6 Å². The van der Waals surface area contributed by atoms with Crippen LogP contribution in [0.25, 0.3) is 44.1 Å². The molecule has 0 aliphatic heterocycles. The quantitative estimate of drug-likeness (QED) is 0.454. The second-order valence-corrected chi connectivity index (χ2v) is 5.41. The lowest BCUT2D eigenvalue weighted by Gasteiger charge is -2.06. The highest BCUT2D eigenvalue weighted by Crippen LogP contribution is 2.36. The summed E-state index contributed by atoms with van der Waals surface area (Å²) in [5.41, 5.74) is 4.25. The zero-order valence-corrected chi connectivity index (χ0v) is 12.1. The molecule has 108 valence electrons. The predicted molar refractivity (Wildman–Crippen MR) is 90.0 cm³/mol. The van der Waals surface area contributed by atoms with Gasteiger partial charge in [0.2, 0.25) is 0 Å². The monoisotopic (exact) mass is 297 g/mol. The van der Waals surface area contributed by atoms with E-state index < -0.39 is 0 Å². The van der Waals surface area contributed by atoms with Crippen molar-refractivity contribution in [3.8, 4) is 11.3 Å². The van der Waals surface area contributed by atoms with Crippen molar-refractivity contribution in [2.75, 3.05) is 0 Å². The van der Waals surface area contributed by atoms with Gasteiger partial charge in [-0.1, -0.05) is 36.4 Å². The number of hydrogen-bond acceptors (Lipinski definition) is 4. The number of furan rings is 1. The Labute approximate surface area is 131 Å². The van der Waals surface area contributed by atoms with Crippen LogP contribution in [0.3, 0.4) is 0 Å². The SMILES string of the molecule is c1ccc2c(-c3cccc4oc5ccnnc5c34)nccc2c1. The molecule has 0 aliphatic carbocycles. The van der Waals surface area contributed by atoms with Gasteiger partial charge in [0.05, 0.1) is 17.3 Å². The molecule has 0 radical (unpaired) electrons. The van der Waals surface area contributed by atoms with Crippen LogP contribution in [0.15, 0.2) is 71.4 Å². The van der Waals surface area contributed by atoms with Gasteiger partial charge in [0.1, 0.15) is 11.1 Å². The van der Waals surface area contributed by atoms with E-state index >= 15 is 0 Å². The summed E-state index contributed by atoms with van der Waals surface area (Å²) >= 11 is 0. The maximum Gasteiger partial charge on any atom is 0.157 e. The summed E-state index contributed by atoms with van der Waals surface area (Å²) in [5.74, 6) is 0. The lowest BCUT2D eigenvalue weighted by molar-refractivity contribution is 0.667. The number of fused-ring (bicyclic) bond motifs is 4. The Hall–Kier alpha value is -3.27. The zero-order chi connectivity index (χ0) is 15.2. The average molecular weight is 297 g/mol. The van der Waals surface area contributed by atoms with Crippen LogP contribution < -0.4 is 0 Å². The van der Waals surface area contributed by atoms with E-state index in [2.05, 4.69) is 33.4 Å². The predicted octanol–water partition coefficient (Wildman–Crippen LogP) is 4.59. The first-order valence-corrected chi connectivity index (χ1v) is 7.39. The van der Waals surface area contributed by atoms with Gasteiger partial charge in [-0.2, -0.15) is 5.10 Å². The molecule has 4 nitrogen and oxygen atoms in total. The third-order valence-electron chi connectivity index (χ3n) is 4.10. The first-order valence-electron chi connectivity index (χ1n) is 7.39. The Kier molecular flexibility index (Phi) is 2.46.